The maximum atomic E-state index is 12.9. The molecule has 0 aliphatic heterocycles. The van der Waals surface area contributed by atoms with Crippen LogP contribution in [0.2, 0.25) is 0 Å². The Labute approximate surface area is 153 Å². The summed E-state index contributed by atoms with van der Waals surface area (Å²) in [6.07, 6.45) is 5.42. The smallest absolute Gasteiger partial charge is 0.223 e. The third-order valence-electron chi connectivity index (χ3n) is 5.28. The van der Waals surface area contributed by atoms with Gasteiger partial charge in [0.25, 0.3) is 0 Å². The summed E-state index contributed by atoms with van der Waals surface area (Å²) in [6, 6.07) is 16.1. The molecule has 0 radical (unpaired) electrons. The molecule has 1 heterocycles. The fraction of sp³-hybridized carbons (Fsp3) is 0.333. The van der Waals surface area contributed by atoms with Gasteiger partial charge in [0, 0.05) is 12.0 Å². The molecule has 4 rings (SSSR count). The topological polar surface area (TPSA) is 83.8 Å². The minimum atomic E-state index is -0.186. The molecule has 1 aromatic heterocycles. The molecule has 1 aliphatic rings. The van der Waals surface area contributed by atoms with Crippen LogP contribution < -0.4 is 11.1 Å². The fourth-order valence-corrected chi connectivity index (χ4v) is 3.86. The number of amides is 1. The SMILES string of the molecule is NC1CCCC(C(=O)NC(c2ccccc2)c2ccc3nc[nH]c3c2)C1. The van der Waals surface area contributed by atoms with E-state index in [1.54, 1.807) is 6.33 Å². The van der Waals surface area contributed by atoms with Gasteiger partial charge in [-0.25, -0.2) is 4.98 Å². The summed E-state index contributed by atoms with van der Waals surface area (Å²) in [6.45, 7) is 0. The molecule has 1 amide bonds. The lowest BCUT2D eigenvalue weighted by molar-refractivity contribution is -0.126. The van der Waals surface area contributed by atoms with E-state index < -0.39 is 0 Å². The first kappa shape index (κ1) is 16.8. The summed E-state index contributed by atoms with van der Waals surface area (Å²) in [5, 5.41) is 3.27. The molecular formula is C21H24N4O. The third-order valence-corrected chi connectivity index (χ3v) is 5.28. The Kier molecular flexibility index (Phi) is 4.71. The number of aromatic nitrogens is 2. The summed E-state index contributed by atoms with van der Waals surface area (Å²) >= 11 is 0. The van der Waals surface area contributed by atoms with E-state index in [0.29, 0.717) is 0 Å². The molecule has 0 spiro atoms. The number of nitrogens with zero attached hydrogens (tertiary/aromatic N) is 1. The number of carbonyl (C=O) groups is 1. The van der Waals surface area contributed by atoms with E-state index in [4.69, 9.17) is 5.73 Å². The first-order valence-electron chi connectivity index (χ1n) is 9.24. The lowest BCUT2D eigenvalue weighted by Crippen LogP contribution is -2.39. The van der Waals surface area contributed by atoms with Gasteiger partial charge in [-0.15, -0.1) is 0 Å². The van der Waals surface area contributed by atoms with Gasteiger partial charge >= 0.3 is 0 Å². The van der Waals surface area contributed by atoms with Crippen molar-refractivity contribution in [3.8, 4) is 0 Å². The van der Waals surface area contributed by atoms with Gasteiger partial charge in [-0.3, -0.25) is 4.79 Å². The highest BCUT2D eigenvalue weighted by molar-refractivity contribution is 5.80. The number of imidazole rings is 1. The van der Waals surface area contributed by atoms with Crippen molar-refractivity contribution in [2.75, 3.05) is 0 Å². The van der Waals surface area contributed by atoms with E-state index >= 15 is 0 Å². The monoisotopic (exact) mass is 348 g/mol. The Bertz CT molecular complexity index is 889. The number of nitrogens with one attached hydrogen (secondary N) is 2. The molecule has 134 valence electrons. The zero-order valence-corrected chi connectivity index (χ0v) is 14.7. The van der Waals surface area contributed by atoms with E-state index in [1.165, 1.54) is 0 Å². The predicted octanol–water partition coefficient (Wildman–Crippen LogP) is 3.29. The second kappa shape index (κ2) is 7.30. The number of rotatable bonds is 4. The van der Waals surface area contributed by atoms with Crippen LogP contribution in [0.4, 0.5) is 0 Å². The Morgan fingerprint density at radius 2 is 2.00 bits per heavy atom. The average Bonchev–Trinajstić information content (AvgIpc) is 3.14. The van der Waals surface area contributed by atoms with Crippen LogP contribution in [0.5, 0.6) is 0 Å². The van der Waals surface area contributed by atoms with Gasteiger partial charge in [-0.2, -0.15) is 0 Å². The normalized spacial score (nSPS) is 21.4. The van der Waals surface area contributed by atoms with Gasteiger partial charge in [-0.1, -0.05) is 42.8 Å². The molecular weight excluding hydrogens is 324 g/mol. The number of hydrogen-bond acceptors (Lipinski definition) is 3. The fourth-order valence-electron chi connectivity index (χ4n) is 3.86. The van der Waals surface area contributed by atoms with Crippen molar-refractivity contribution in [2.24, 2.45) is 11.7 Å². The van der Waals surface area contributed by atoms with E-state index in [9.17, 15) is 4.79 Å². The summed E-state index contributed by atoms with van der Waals surface area (Å²) in [4.78, 5) is 20.4. The highest BCUT2D eigenvalue weighted by atomic mass is 16.1. The van der Waals surface area contributed by atoms with Crippen molar-refractivity contribution in [2.45, 2.75) is 37.8 Å². The number of hydrogen-bond donors (Lipinski definition) is 3. The van der Waals surface area contributed by atoms with Gasteiger partial charge in [0.15, 0.2) is 0 Å². The molecule has 1 saturated carbocycles. The van der Waals surface area contributed by atoms with Crippen LogP contribution in [0.15, 0.2) is 54.9 Å². The lowest BCUT2D eigenvalue weighted by atomic mass is 9.85. The van der Waals surface area contributed by atoms with Crippen LogP contribution in [-0.4, -0.2) is 21.9 Å². The lowest BCUT2D eigenvalue weighted by Gasteiger charge is -2.28. The minimum absolute atomic E-state index is 0.000785. The number of fused-ring (bicyclic) bond motifs is 1. The summed E-state index contributed by atoms with van der Waals surface area (Å²) in [7, 11) is 0. The number of aromatic amines is 1. The van der Waals surface area contributed by atoms with E-state index in [0.717, 1.165) is 47.8 Å². The molecule has 2 aromatic carbocycles. The minimum Gasteiger partial charge on any atom is -0.345 e. The number of H-pyrrole nitrogens is 1. The molecule has 5 nitrogen and oxygen atoms in total. The van der Waals surface area contributed by atoms with Crippen molar-refractivity contribution < 1.29 is 4.79 Å². The second-order valence-corrected chi connectivity index (χ2v) is 7.16. The maximum absolute atomic E-state index is 12.9. The molecule has 3 atom stereocenters. The van der Waals surface area contributed by atoms with Crippen molar-refractivity contribution in [3.63, 3.8) is 0 Å². The zero-order chi connectivity index (χ0) is 17.9. The molecule has 5 heteroatoms. The Balaban J connectivity index is 1.63. The molecule has 1 fully saturated rings. The molecule has 1 aliphatic carbocycles. The van der Waals surface area contributed by atoms with E-state index in [1.807, 2.05) is 30.3 Å². The number of nitrogens with two attached hydrogens (primary N) is 1. The summed E-state index contributed by atoms with van der Waals surface area (Å²) in [5.41, 5.74) is 10.1. The quantitative estimate of drug-likeness (QED) is 0.676. The first-order chi connectivity index (χ1) is 12.7. The molecule has 3 aromatic rings. The first-order valence-corrected chi connectivity index (χ1v) is 9.24. The third kappa shape index (κ3) is 3.48. The highest BCUT2D eigenvalue weighted by Gasteiger charge is 2.27. The van der Waals surface area contributed by atoms with Crippen LogP contribution in [0.25, 0.3) is 11.0 Å². The van der Waals surface area contributed by atoms with Crippen LogP contribution in [0.1, 0.15) is 42.9 Å². The van der Waals surface area contributed by atoms with Crippen LogP contribution in [0.3, 0.4) is 0 Å². The average molecular weight is 348 g/mol. The maximum Gasteiger partial charge on any atom is 0.223 e. The molecule has 0 saturated heterocycles. The van der Waals surface area contributed by atoms with Crippen molar-refractivity contribution in [1.29, 1.82) is 0 Å². The standard InChI is InChI=1S/C21H24N4O/c22-17-8-4-7-16(11-17)21(26)25-20(14-5-2-1-3-6-14)15-9-10-18-19(12-15)24-13-23-18/h1-3,5-6,9-10,12-13,16-17,20H,4,7-8,11,22H2,(H,23,24)(H,25,26). The van der Waals surface area contributed by atoms with Crippen LogP contribution >= 0.6 is 0 Å². The largest absolute Gasteiger partial charge is 0.345 e. The highest BCUT2D eigenvalue weighted by Crippen LogP contribution is 2.28. The van der Waals surface area contributed by atoms with Crippen LogP contribution in [-0.2, 0) is 4.79 Å². The Morgan fingerprint density at radius 1 is 1.15 bits per heavy atom. The molecule has 4 N–H and O–H groups in total. The van der Waals surface area contributed by atoms with Crippen molar-refractivity contribution in [1.82, 2.24) is 15.3 Å². The van der Waals surface area contributed by atoms with Gasteiger partial charge in [-0.05, 0) is 42.5 Å². The molecule has 26 heavy (non-hydrogen) atoms. The number of carbonyl (C=O) groups excluding carboxylic acids is 1. The zero-order valence-electron chi connectivity index (χ0n) is 14.7. The van der Waals surface area contributed by atoms with Gasteiger partial charge in [0.05, 0.1) is 23.4 Å². The summed E-state index contributed by atoms with van der Waals surface area (Å²) < 4.78 is 0. The van der Waals surface area contributed by atoms with Gasteiger partial charge in [0.2, 0.25) is 5.91 Å². The van der Waals surface area contributed by atoms with E-state index in [2.05, 4.69) is 33.5 Å². The Hall–Kier alpha value is -2.66. The van der Waals surface area contributed by atoms with Gasteiger partial charge in [0.1, 0.15) is 0 Å². The predicted molar refractivity (Wildman–Crippen MR) is 102 cm³/mol. The second-order valence-electron chi connectivity index (χ2n) is 7.16. The van der Waals surface area contributed by atoms with Crippen molar-refractivity contribution >= 4 is 16.9 Å². The molecule has 0 bridgehead atoms. The van der Waals surface area contributed by atoms with E-state index in [-0.39, 0.29) is 23.9 Å². The van der Waals surface area contributed by atoms with Crippen molar-refractivity contribution in [3.05, 3.63) is 66.0 Å². The number of benzene rings is 2. The van der Waals surface area contributed by atoms with Crippen LogP contribution in [0, 0.1) is 5.92 Å². The molecule has 3 unspecified atom stereocenters. The summed E-state index contributed by atoms with van der Waals surface area (Å²) in [5.74, 6) is 0.0968. The Morgan fingerprint density at radius 3 is 2.81 bits per heavy atom. The van der Waals surface area contributed by atoms with Gasteiger partial charge < -0.3 is 16.0 Å².